The van der Waals surface area contributed by atoms with Gasteiger partial charge in [-0.2, -0.15) is 0 Å². The molecule has 1 heterocycles. The quantitative estimate of drug-likeness (QED) is 0.188. The van der Waals surface area contributed by atoms with Gasteiger partial charge in [0.05, 0.1) is 0 Å². The number of hydrogen-bond donors (Lipinski definition) is 0. The topological polar surface area (TPSA) is 0 Å². The van der Waals surface area contributed by atoms with Crippen LogP contribution in [0.3, 0.4) is 0 Å². The van der Waals surface area contributed by atoms with Crippen molar-refractivity contribution in [1.82, 2.24) is 0 Å². The Morgan fingerprint density at radius 3 is 1.56 bits per heavy atom. The van der Waals surface area contributed by atoms with Crippen molar-refractivity contribution < 1.29 is 0 Å². The Morgan fingerprint density at radius 2 is 0.814 bits per heavy atom. The average Bonchev–Trinajstić information content (AvgIpc) is 3.46. The van der Waals surface area contributed by atoms with Gasteiger partial charge in [0, 0.05) is 20.2 Å². The molecule has 1 heteroatoms. The van der Waals surface area contributed by atoms with E-state index in [2.05, 4.69) is 158 Å². The van der Waals surface area contributed by atoms with E-state index in [-0.39, 0.29) is 0 Å². The van der Waals surface area contributed by atoms with E-state index in [0.717, 1.165) is 0 Å². The molecule has 9 rings (SSSR count). The predicted octanol–water partition coefficient (Wildman–Crippen LogP) is 12.5. The first-order valence-corrected chi connectivity index (χ1v) is 15.6. The van der Waals surface area contributed by atoms with Crippen molar-refractivity contribution in [2.24, 2.45) is 0 Å². The van der Waals surface area contributed by atoms with Crippen LogP contribution in [0, 0.1) is 0 Å². The van der Waals surface area contributed by atoms with Crippen LogP contribution in [0.15, 0.2) is 158 Å². The molecular weight excluding hydrogens is 537 g/mol. The number of rotatable bonds is 3. The van der Waals surface area contributed by atoms with Crippen LogP contribution in [0.1, 0.15) is 0 Å². The maximum atomic E-state index is 2.40. The first-order valence-electron chi connectivity index (χ1n) is 14.8. The Hall–Kier alpha value is -5.24. The van der Waals surface area contributed by atoms with Gasteiger partial charge >= 0.3 is 0 Å². The van der Waals surface area contributed by atoms with E-state index in [1.165, 1.54) is 85.9 Å². The van der Waals surface area contributed by atoms with Gasteiger partial charge in [-0.3, -0.25) is 0 Å². The van der Waals surface area contributed by atoms with E-state index in [4.69, 9.17) is 0 Å². The summed E-state index contributed by atoms with van der Waals surface area (Å²) in [6.45, 7) is 0. The second-order valence-electron chi connectivity index (χ2n) is 11.3. The second-order valence-corrected chi connectivity index (χ2v) is 12.4. The Balaban J connectivity index is 1.24. The van der Waals surface area contributed by atoms with Crippen LogP contribution in [0.2, 0.25) is 0 Å². The van der Waals surface area contributed by atoms with Crippen molar-refractivity contribution >= 4 is 63.8 Å². The van der Waals surface area contributed by atoms with Gasteiger partial charge in [0.1, 0.15) is 0 Å². The minimum Gasteiger partial charge on any atom is -0.135 e. The lowest BCUT2D eigenvalue weighted by Gasteiger charge is -2.17. The normalized spacial score (nSPS) is 11.7. The van der Waals surface area contributed by atoms with Crippen molar-refractivity contribution in [3.05, 3.63) is 158 Å². The molecule has 0 aliphatic carbocycles. The van der Waals surface area contributed by atoms with E-state index in [9.17, 15) is 0 Å². The smallest absolute Gasteiger partial charge is 0.0361 e. The molecule has 9 aromatic rings. The molecular formula is C42H26S. The third-order valence-corrected chi connectivity index (χ3v) is 9.99. The minimum atomic E-state index is 1.23. The Kier molecular flexibility index (Phi) is 5.47. The van der Waals surface area contributed by atoms with Gasteiger partial charge in [-0.25, -0.2) is 0 Å². The highest BCUT2D eigenvalue weighted by molar-refractivity contribution is 7.25. The van der Waals surface area contributed by atoms with Crippen LogP contribution >= 0.6 is 11.3 Å². The monoisotopic (exact) mass is 562 g/mol. The number of benzene rings is 8. The summed E-state index contributed by atoms with van der Waals surface area (Å²) in [4.78, 5) is 0. The summed E-state index contributed by atoms with van der Waals surface area (Å²) >= 11 is 1.87. The largest absolute Gasteiger partial charge is 0.135 e. The first-order chi connectivity index (χ1) is 21.3. The summed E-state index contributed by atoms with van der Waals surface area (Å²) in [6, 6.07) is 58.0. The van der Waals surface area contributed by atoms with Crippen LogP contribution in [0.5, 0.6) is 0 Å². The summed E-state index contributed by atoms with van der Waals surface area (Å²) in [7, 11) is 0. The molecule has 0 nitrogen and oxygen atoms in total. The zero-order valence-corrected chi connectivity index (χ0v) is 24.2. The standard InChI is InChI=1S/C42H26S/c1-2-10-29(11-3-1)38-24-31(25-39-34-14-5-4-12-32(34)33-13-6-7-16-37(33)42(38)39)28-20-18-27(19-21-28)30-22-23-36-35-15-8-9-17-40(35)43-41(36)26-30/h1-26H. The number of thiophene rings is 1. The first kappa shape index (κ1) is 24.4. The molecule has 0 N–H and O–H groups in total. The molecule has 200 valence electrons. The van der Waals surface area contributed by atoms with Crippen molar-refractivity contribution in [2.45, 2.75) is 0 Å². The molecule has 0 amide bonds. The zero-order valence-electron chi connectivity index (χ0n) is 23.4. The van der Waals surface area contributed by atoms with Gasteiger partial charge in [0.2, 0.25) is 0 Å². The molecule has 0 saturated heterocycles. The van der Waals surface area contributed by atoms with Gasteiger partial charge in [0.15, 0.2) is 0 Å². The lowest BCUT2D eigenvalue weighted by molar-refractivity contribution is 1.61. The van der Waals surface area contributed by atoms with Crippen molar-refractivity contribution in [3.8, 4) is 33.4 Å². The molecule has 0 radical (unpaired) electrons. The highest BCUT2D eigenvalue weighted by Crippen LogP contribution is 2.43. The SMILES string of the molecule is c1ccc(-c2cc(-c3ccc(-c4ccc5c(c4)sc4ccccc45)cc3)cc3c4ccccc4c4ccccc4c23)cc1. The van der Waals surface area contributed by atoms with Gasteiger partial charge in [-0.15, -0.1) is 11.3 Å². The zero-order chi connectivity index (χ0) is 28.3. The molecule has 0 spiro atoms. The minimum absolute atomic E-state index is 1.23. The van der Waals surface area contributed by atoms with E-state index in [1.54, 1.807) is 0 Å². The summed E-state index contributed by atoms with van der Waals surface area (Å²) < 4.78 is 2.68. The fourth-order valence-electron chi connectivity index (χ4n) is 6.81. The van der Waals surface area contributed by atoms with Crippen LogP contribution in [0.4, 0.5) is 0 Å². The Morgan fingerprint density at radius 1 is 0.279 bits per heavy atom. The predicted molar refractivity (Wildman–Crippen MR) is 188 cm³/mol. The Labute approximate surface area is 254 Å². The number of fused-ring (bicyclic) bond motifs is 9. The third kappa shape index (κ3) is 3.90. The summed E-state index contributed by atoms with van der Waals surface area (Å²) in [6.07, 6.45) is 0. The van der Waals surface area contributed by atoms with E-state index >= 15 is 0 Å². The van der Waals surface area contributed by atoms with Gasteiger partial charge in [-0.1, -0.05) is 133 Å². The van der Waals surface area contributed by atoms with Gasteiger partial charge < -0.3 is 0 Å². The highest BCUT2D eigenvalue weighted by Gasteiger charge is 2.15. The molecule has 0 saturated carbocycles. The van der Waals surface area contributed by atoms with Crippen LogP contribution < -0.4 is 0 Å². The van der Waals surface area contributed by atoms with E-state index in [0.29, 0.717) is 0 Å². The fraction of sp³-hybridized carbons (Fsp3) is 0. The third-order valence-electron chi connectivity index (χ3n) is 8.86. The maximum absolute atomic E-state index is 2.40. The molecule has 0 unspecified atom stereocenters. The molecule has 8 aromatic carbocycles. The molecule has 0 aliphatic heterocycles. The van der Waals surface area contributed by atoms with Gasteiger partial charge in [-0.05, 0) is 90.0 Å². The highest BCUT2D eigenvalue weighted by atomic mass is 32.1. The lowest BCUT2D eigenvalue weighted by Crippen LogP contribution is -1.89. The lowest BCUT2D eigenvalue weighted by atomic mass is 9.87. The summed E-state index contributed by atoms with van der Waals surface area (Å²) in [5.74, 6) is 0. The summed E-state index contributed by atoms with van der Waals surface area (Å²) in [5, 5.41) is 10.5. The summed E-state index contributed by atoms with van der Waals surface area (Å²) in [5.41, 5.74) is 7.47. The Bertz CT molecular complexity index is 2480. The maximum Gasteiger partial charge on any atom is 0.0361 e. The van der Waals surface area contributed by atoms with E-state index in [1.807, 2.05) is 11.3 Å². The fourth-order valence-corrected chi connectivity index (χ4v) is 7.95. The van der Waals surface area contributed by atoms with Crippen molar-refractivity contribution in [3.63, 3.8) is 0 Å². The van der Waals surface area contributed by atoms with Crippen LogP contribution in [0.25, 0.3) is 85.9 Å². The van der Waals surface area contributed by atoms with Crippen molar-refractivity contribution in [1.29, 1.82) is 0 Å². The molecule has 0 atom stereocenters. The van der Waals surface area contributed by atoms with E-state index < -0.39 is 0 Å². The van der Waals surface area contributed by atoms with Crippen LogP contribution in [-0.2, 0) is 0 Å². The molecule has 43 heavy (non-hydrogen) atoms. The van der Waals surface area contributed by atoms with Gasteiger partial charge in [0.25, 0.3) is 0 Å². The molecule has 0 bridgehead atoms. The van der Waals surface area contributed by atoms with Crippen molar-refractivity contribution in [2.75, 3.05) is 0 Å². The molecule has 0 fully saturated rings. The average molecular weight is 563 g/mol. The molecule has 0 aliphatic rings. The van der Waals surface area contributed by atoms with Crippen LogP contribution in [-0.4, -0.2) is 0 Å². The number of hydrogen-bond acceptors (Lipinski definition) is 1. The second kappa shape index (κ2) is 9.66. The molecule has 1 aromatic heterocycles.